The molecule has 0 radical (unpaired) electrons. The lowest BCUT2D eigenvalue weighted by atomic mass is 9.66. The molecule has 0 amide bonds. The van der Waals surface area contributed by atoms with E-state index in [9.17, 15) is 0 Å². The fourth-order valence-corrected chi connectivity index (χ4v) is 7.45. The molecule has 4 aliphatic rings. The van der Waals surface area contributed by atoms with Crippen LogP contribution >= 0.6 is 0 Å². The van der Waals surface area contributed by atoms with Crippen molar-refractivity contribution in [1.29, 1.82) is 0 Å². The molecule has 0 saturated heterocycles. The van der Waals surface area contributed by atoms with E-state index < -0.39 is 0 Å². The maximum atomic E-state index is 4.58. The minimum Gasteiger partial charge on any atom is -0.361 e. The van der Waals surface area contributed by atoms with Gasteiger partial charge in [-0.3, -0.25) is 0 Å². The highest BCUT2D eigenvalue weighted by atomic mass is 14.7. The summed E-state index contributed by atoms with van der Waals surface area (Å²) in [7, 11) is 0. The Balaban J connectivity index is 1.46. The smallest absolute Gasteiger partial charge is 0.0410 e. The van der Waals surface area contributed by atoms with E-state index >= 15 is 0 Å². The highest BCUT2D eigenvalue weighted by molar-refractivity contribution is 5.65. The van der Waals surface area contributed by atoms with Crippen LogP contribution in [0.1, 0.15) is 92.7 Å². The second-order valence-corrected chi connectivity index (χ2v) is 11.2. The van der Waals surface area contributed by atoms with Gasteiger partial charge in [-0.15, -0.1) is 0 Å². The molecule has 1 aromatic heterocycles. The predicted molar refractivity (Wildman–Crippen MR) is 149 cm³/mol. The van der Waals surface area contributed by atoms with Crippen LogP contribution in [-0.2, 0) is 19.3 Å². The minimum absolute atomic E-state index is 0.407. The Morgan fingerprint density at radius 3 is 2.49 bits per heavy atom. The highest BCUT2D eigenvalue weighted by Gasteiger charge is 2.40. The van der Waals surface area contributed by atoms with Crippen molar-refractivity contribution < 1.29 is 0 Å². The van der Waals surface area contributed by atoms with Gasteiger partial charge in [0.1, 0.15) is 0 Å². The number of aromatic amines is 1. The second kappa shape index (κ2) is 9.01. The first-order valence-corrected chi connectivity index (χ1v) is 13.9. The van der Waals surface area contributed by atoms with E-state index in [4.69, 9.17) is 0 Å². The largest absolute Gasteiger partial charge is 0.361 e. The predicted octanol–water partition coefficient (Wildman–Crippen LogP) is 8.96. The van der Waals surface area contributed by atoms with E-state index in [0.29, 0.717) is 11.8 Å². The van der Waals surface area contributed by atoms with Gasteiger partial charge in [-0.2, -0.15) is 0 Å². The molecule has 180 valence electrons. The number of nitrogens with one attached hydrogen (secondary N) is 1. The van der Waals surface area contributed by atoms with Crippen LogP contribution in [0.5, 0.6) is 0 Å². The lowest BCUT2D eigenvalue weighted by Crippen LogP contribution is -2.23. The number of aryl methyl sites for hydroxylation is 2. The number of fused-ring (bicyclic) bond motifs is 1. The lowest BCUT2D eigenvalue weighted by Gasteiger charge is -2.38. The van der Waals surface area contributed by atoms with Crippen molar-refractivity contribution in [3.63, 3.8) is 0 Å². The molecule has 1 heterocycles. The zero-order valence-electron chi connectivity index (χ0n) is 21.6. The second-order valence-electron chi connectivity index (χ2n) is 11.2. The molecule has 2 atom stereocenters. The third-order valence-corrected chi connectivity index (χ3v) is 9.21. The summed E-state index contributed by atoms with van der Waals surface area (Å²) >= 11 is 0. The average Bonchev–Trinajstić information content (AvgIpc) is 3.63. The molecule has 0 fully saturated rings. The number of allylic oxidation sites excluding steroid dienone is 8. The topological polar surface area (TPSA) is 15.8 Å². The molecule has 4 aliphatic carbocycles. The molecule has 1 N–H and O–H groups in total. The number of H-pyrrole nitrogens is 1. The lowest BCUT2D eigenvalue weighted by molar-refractivity contribution is 0.524. The molecular formula is C34H39N. The van der Waals surface area contributed by atoms with E-state index in [1.165, 1.54) is 71.9 Å². The molecule has 0 saturated carbocycles. The molecule has 1 heteroatoms. The number of rotatable bonds is 6. The van der Waals surface area contributed by atoms with Crippen molar-refractivity contribution in [2.75, 3.05) is 0 Å². The van der Waals surface area contributed by atoms with Gasteiger partial charge in [0.25, 0.3) is 0 Å². The Kier molecular flexibility index (Phi) is 5.83. The summed E-state index contributed by atoms with van der Waals surface area (Å²) < 4.78 is 0. The Hall–Kier alpha value is -2.80. The summed E-state index contributed by atoms with van der Waals surface area (Å²) in [5.41, 5.74) is 18.2. The van der Waals surface area contributed by atoms with Gasteiger partial charge >= 0.3 is 0 Å². The van der Waals surface area contributed by atoms with E-state index in [1.807, 2.05) is 6.20 Å². The first-order valence-electron chi connectivity index (χ1n) is 13.9. The van der Waals surface area contributed by atoms with Gasteiger partial charge in [-0.25, -0.2) is 0 Å². The summed E-state index contributed by atoms with van der Waals surface area (Å²) in [5.74, 6) is 1.11. The summed E-state index contributed by atoms with van der Waals surface area (Å²) in [4.78, 5) is 3.35. The Labute approximate surface area is 211 Å². The van der Waals surface area contributed by atoms with Crippen LogP contribution in [0.3, 0.4) is 0 Å². The summed E-state index contributed by atoms with van der Waals surface area (Å²) in [6.45, 7) is 13.6. The van der Waals surface area contributed by atoms with Crippen molar-refractivity contribution in [2.45, 2.75) is 84.0 Å². The molecule has 0 aliphatic heterocycles. The third-order valence-electron chi connectivity index (χ3n) is 9.21. The van der Waals surface area contributed by atoms with E-state index in [2.05, 4.69) is 62.3 Å². The average molecular weight is 462 g/mol. The van der Waals surface area contributed by atoms with Crippen LogP contribution in [0.2, 0.25) is 0 Å². The molecule has 1 nitrogen and oxygen atoms in total. The monoisotopic (exact) mass is 461 g/mol. The fourth-order valence-electron chi connectivity index (χ4n) is 7.45. The van der Waals surface area contributed by atoms with Gasteiger partial charge in [0, 0.05) is 17.8 Å². The Morgan fingerprint density at radius 1 is 1.00 bits per heavy atom. The quantitative estimate of drug-likeness (QED) is 0.442. The van der Waals surface area contributed by atoms with Gasteiger partial charge in [-0.05, 0) is 121 Å². The van der Waals surface area contributed by atoms with Crippen molar-refractivity contribution in [1.82, 2.24) is 4.98 Å². The highest BCUT2D eigenvalue weighted by Crippen LogP contribution is 2.56. The van der Waals surface area contributed by atoms with Crippen molar-refractivity contribution in [2.24, 2.45) is 5.92 Å². The van der Waals surface area contributed by atoms with E-state index in [0.717, 1.165) is 31.4 Å². The molecule has 0 spiro atoms. The molecule has 0 bridgehead atoms. The molecule has 6 rings (SSSR count). The van der Waals surface area contributed by atoms with Crippen LogP contribution in [0.15, 0.2) is 83.1 Å². The summed E-state index contributed by atoms with van der Waals surface area (Å²) in [6, 6.07) is 9.31. The Bertz CT molecular complexity index is 1270. The number of benzene rings is 1. The molecule has 2 aromatic rings. The van der Waals surface area contributed by atoms with Crippen molar-refractivity contribution in [3.05, 3.63) is 111 Å². The summed E-state index contributed by atoms with van der Waals surface area (Å²) in [6.07, 6.45) is 16.6. The van der Waals surface area contributed by atoms with Crippen LogP contribution in [0.25, 0.3) is 5.57 Å². The number of hydrogen-bond donors (Lipinski definition) is 1. The van der Waals surface area contributed by atoms with Crippen LogP contribution in [0.4, 0.5) is 0 Å². The fraction of sp³-hybridized carbons (Fsp3) is 0.412. The molecule has 1 aromatic carbocycles. The van der Waals surface area contributed by atoms with Gasteiger partial charge in [-0.1, -0.05) is 67.5 Å². The SMILES string of the molecule is C=C1CCC2=C1[C@H](c1cc(CC)c(CC(=C)c3ccc[nH]3)c(CC)c1)C1=CC3=C(CCC3)CC1C2. The first-order chi connectivity index (χ1) is 17.1. The number of hydrogen-bond acceptors (Lipinski definition) is 0. The van der Waals surface area contributed by atoms with Gasteiger partial charge in [0.2, 0.25) is 0 Å². The van der Waals surface area contributed by atoms with Crippen LogP contribution in [0, 0.1) is 5.92 Å². The maximum Gasteiger partial charge on any atom is 0.0410 e. The maximum absolute atomic E-state index is 4.58. The standard InChI is InChI=1S/C34H39N/c1-5-23-16-29(17-24(6-2)30(23)15-22(4)32-11-8-14-35-32)34-31-20-26-10-7-9-25(26)18-28(31)19-27-13-12-21(3)33(27)34/h8,11,14,16-17,20,28,34-35H,3-7,9-10,12-13,15,18-19H2,1-2H3/t28?,34-/m1/s1. The molecular weight excluding hydrogens is 422 g/mol. The Morgan fingerprint density at radius 2 is 1.77 bits per heavy atom. The van der Waals surface area contributed by atoms with Gasteiger partial charge in [0.15, 0.2) is 0 Å². The summed E-state index contributed by atoms with van der Waals surface area (Å²) in [5, 5.41) is 0. The minimum atomic E-state index is 0.407. The van der Waals surface area contributed by atoms with Gasteiger partial charge in [0.05, 0.1) is 0 Å². The van der Waals surface area contributed by atoms with Crippen LogP contribution < -0.4 is 0 Å². The van der Waals surface area contributed by atoms with Crippen LogP contribution in [-0.4, -0.2) is 4.98 Å². The van der Waals surface area contributed by atoms with E-state index in [1.54, 1.807) is 27.9 Å². The molecule has 35 heavy (non-hydrogen) atoms. The molecule has 1 unspecified atom stereocenters. The van der Waals surface area contributed by atoms with Gasteiger partial charge < -0.3 is 4.98 Å². The van der Waals surface area contributed by atoms with Crippen molar-refractivity contribution >= 4 is 5.57 Å². The van der Waals surface area contributed by atoms with E-state index in [-0.39, 0.29) is 0 Å². The van der Waals surface area contributed by atoms with Crippen molar-refractivity contribution in [3.8, 4) is 0 Å². The number of aromatic nitrogens is 1. The first kappa shape index (κ1) is 22.7. The normalized spacial score (nSPS) is 23.4. The zero-order valence-corrected chi connectivity index (χ0v) is 21.6. The third kappa shape index (κ3) is 3.84. The zero-order chi connectivity index (χ0) is 24.1.